The van der Waals surface area contributed by atoms with Gasteiger partial charge in [-0.05, 0) is 13.8 Å². The number of ether oxygens (including phenoxy) is 1. The van der Waals surface area contributed by atoms with E-state index >= 15 is 0 Å². The highest BCUT2D eigenvalue weighted by Crippen LogP contribution is 2.32. The Balaban J connectivity index is 1.92. The van der Waals surface area contributed by atoms with E-state index in [1.54, 1.807) is 31.7 Å². The molecule has 1 saturated heterocycles. The van der Waals surface area contributed by atoms with Gasteiger partial charge in [-0.2, -0.15) is 10.3 Å². The molecule has 0 aromatic carbocycles. The third-order valence-corrected chi connectivity index (χ3v) is 4.89. The van der Waals surface area contributed by atoms with Crippen molar-refractivity contribution in [1.82, 2.24) is 24.4 Å². The molecule has 3 heterocycles. The highest BCUT2D eigenvalue weighted by molar-refractivity contribution is 5.83. The largest absolute Gasteiger partial charge is 0.388 e. The van der Waals surface area contributed by atoms with Crippen LogP contribution in [-0.2, 0) is 11.2 Å². The fraction of sp³-hybridized carbons (Fsp3) is 0.588. The molecule has 2 aromatic heterocycles. The molecule has 1 fully saturated rings. The molecule has 4 atom stereocenters. The number of amidine groups is 1. The van der Waals surface area contributed by atoms with Crippen molar-refractivity contribution in [1.29, 1.82) is 5.26 Å². The number of rotatable bonds is 5. The van der Waals surface area contributed by atoms with Gasteiger partial charge in [-0.15, -0.1) is 0 Å². The SMILES string of the molecule is CNc1nc(CCN(C)C(C)=NC#N)nc2c1ncn2C1O[C@H](C)C(O)C1O. The number of nitrogens with zero attached hydrogens (tertiary/aromatic N) is 7. The van der Waals surface area contributed by atoms with Crippen molar-refractivity contribution >= 4 is 22.8 Å². The van der Waals surface area contributed by atoms with Crippen LogP contribution in [0.15, 0.2) is 11.3 Å². The molecule has 11 heteroatoms. The van der Waals surface area contributed by atoms with Crippen molar-refractivity contribution in [3.05, 3.63) is 12.2 Å². The second-order valence-electron chi connectivity index (χ2n) is 6.71. The molecule has 0 spiro atoms. The van der Waals surface area contributed by atoms with Crippen LogP contribution >= 0.6 is 0 Å². The molecule has 28 heavy (non-hydrogen) atoms. The van der Waals surface area contributed by atoms with E-state index in [4.69, 9.17) is 10.00 Å². The first-order valence-electron chi connectivity index (χ1n) is 8.94. The molecule has 3 N–H and O–H groups in total. The maximum atomic E-state index is 10.3. The van der Waals surface area contributed by atoms with E-state index in [9.17, 15) is 10.2 Å². The molecule has 1 aliphatic heterocycles. The van der Waals surface area contributed by atoms with Crippen molar-refractivity contribution < 1.29 is 14.9 Å². The summed E-state index contributed by atoms with van der Waals surface area (Å²) >= 11 is 0. The Kier molecular flexibility index (Phi) is 5.73. The molecule has 3 unspecified atom stereocenters. The van der Waals surface area contributed by atoms with Gasteiger partial charge in [0.05, 0.1) is 12.4 Å². The molecular formula is C17H24N8O3. The van der Waals surface area contributed by atoms with Crippen LogP contribution in [0, 0.1) is 11.5 Å². The minimum Gasteiger partial charge on any atom is -0.388 e. The summed E-state index contributed by atoms with van der Waals surface area (Å²) in [7, 11) is 3.58. The average molecular weight is 388 g/mol. The quantitative estimate of drug-likeness (QED) is 0.362. The zero-order chi connectivity index (χ0) is 20.4. The number of anilines is 1. The van der Waals surface area contributed by atoms with E-state index in [1.165, 1.54) is 6.33 Å². The second kappa shape index (κ2) is 8.05. The molecule has 11 nitrogen and oxygen atoms in total. The van der Waals surface area contributed by atoms with Gasteiger partial charge >= 0.3 is 0 Å². The summed E-state index contributed by atoms with van der Waals surface area (Å²) in [5, 5.41) is 32.0. The summed E-state index contributed by atoms with van der Waals surface area (Å²) in [6.07, 6.45) is 0.459. The molecular weight excluding hydrogens is 364 g/mol. The van der Waals surface area contributed by atoms with Crippen LogP contribution in [0.2, 0.25) is 0 Å². The minimum atomic E-state index is -1.08. The summed E-state index contributed by atoms with van der Waals surface area (Å²) < 4.78 is 7.31. The number of aliphatic hydroxyl groups is 2. The topological polar surface area (TPSA) is 145 Å². The number of nitrogens with one attached hydrogen (secondary N) is 1. The molecule has 0 radical (unpaired) electrons. The van der Waals surface area contributed by atoms with Crippen LogP contribution in [0.1, 0.15) is 25.9 Å². The number of imidazole rings is 1. The molecule has 0 amide bonds. The van der Waals surface area contributed by atoms with Crippen molar-refractivity contribution in [3.63, 3.8) is 0 Å². The molecule has 0 saturated carbocycles. The van der Waals surface area contributed by atoms with Crippen LogP contribution in [0.3, 0.4) is 0 Å². The average Bonchev–Trinajstić information content (AvgIpc) is 3.21. The maximum Gasteiger partial charge on any atom is 0.207 e. The van der Waals surface area contributed by atoms with Crippen molar-refractivity contribution in [2.45, 2.75) is 44.8 Å². The van der Waals surface area contributed by atoms with Crippen LogP contribution in [0.25, 0.3) is 11.2 Å². The van der Waals surface area contributed by atoms with Gasteiger partial charge in [0.2, 0.25) is 6.19 Å². The van der Waals surface area contributed by atoms with Gasteiger partial charge in [-0.1, -0.05) is 0 Å². The van der Waals surface area contributed by atoms with Gasteiger partial charge in [0.15, 0.2) is 23.2 Å². The number of hydrogen-bond acceptors (Lipinski definition) is 9. The lowest BCUT2D eigenvalue weighted by atomic mass is 10.1. The number of aliphatic imine (C=N–C) groups is 1. The van der Waals surface area contributed by atoms with Gasteiger partial charge in [-0.3, -0.25) is 4.57 Å². The van der Waals surface area contributed by atoms with Crippen LogP contribution in [0.5, 0.6) is 0 Å². The number of fused-ring (bicyclic) bond motifs is 1. The van der Waals surface area contributed by atoms with Crippen molar-refractivity contribution in [3.8, 4) is 6.19 Å². The van der Waals surface area contributed by atoms with E-state index in [2.05, 4.69) is 25.3 Å². The third kappa shape index (κ3) is 3.62. The summed E-state index contributed by atoms with van der Waals surface area (Å²) in [6.45, 7) is 4.03. The standard InChI is InChI=1S/C17H24N8O3/c1-9-13(26)14(27)17(28-9)25-8-21-12-15(19-3)22-11(23-16(12)25)5-6-24(4)10(2)20-7-18/h8-9,13-14,17,26-27H,5-6H2,1-4H3,(H,19,22,23)/t9-,13?,14?,17?/m1/s1. The zero-order valence-electron chi connectivity index (χ0n) is 16.2. The lowest BCUT2D eigenvalue weighted by Gasteiger charge is -2.18. The molecule has 2 aromatic rings. The Morgan fingerprint density at radius 1 is 1.43 bits per heavy atom. The third-order valence-electron chi connectivity index (χ3n) is 4.89. The Morgan fingerprint density at radius 3 is 2.79 bits per heavy atom. The Morgan fingerprint density at radius 2 is 2.18 bits per heavy atom. The summed E-state index contributed by atoms with van der Waals surface area (Å²) in [5.41, 5.74) is 1.05. The van der Waals surface area contributed by atoms with E-state index < -0.39 is 24.5 Å². The first-order valence-corrected chi connectivity index (χ1v) is 8.94. The van der Waals surface area contributed by atoms with Crippen LogP contribution < -0.4 is 5.32 Å². The maximum absolute atomic E-state index is 10.3. The summed E-state index contributed by atoms with van der Waals surface area (Å²) in [4.78, 5) is 19.0. The van der Waals surface area contributed by atoms with Gasteiger partial charge in [-0.25, -0.2) is 15.0 Å². The normalized spacial score (nSPS) is 25.1. The van der Waals surface area contributed by atoms with E-state index in [0.29, 0.717) is 41.6 Å². The molecule has 0 aliphatic carbocycles. The zero-order valence-corrected chi connectivity index (χ0v) is 16.2. The number of likely N-dealkylation sites (N-methyl/N-ethyl adjacent to an activating group) is 1. The number of hydrogen-bond donors (Lipinski definition) is 3. The number of nitriles is 1. The van der Waals surface area contributed by atoms with Gasteiger partial charge in [0, 0.05) is 27.1 Å². The monoisotopic (exact) mass is 388 g/mol. The lowest BCUT2D eigenvalue weighted by Crippen LogP contribution is -2.30. The Labute approximate surface area is 162 Å². The van der Waals surface area contributed by atoms with E-state index in [0.717, 1.165) is 0 Å². The first-order chi connectivity index (χ1) is 13.4. The van der Waals surface area contributed by atoms with Crippen LogP contribution in [-0.4, -0.2) is 79.4 Å². The predicted molar refractivity (Wildman–Crippen MR) is 102 cm³/mol. The molecule has 0 bridgehead atoms. The Bertz CT molecular complexity index is 921. The number of aromatic nitrogens is 4. The smallest absolute Gasteiger partial charge is 0.207 e. The summed E-state index contributed by atoms with van der Waals surface area (Å²) in [5.74, 6) is 1.73. The summed E-state index contributed by atoms with van der Waals surface area (Å²) in [6, 6.07) is 0. The van der Waals surface area contributed by atoms with Gasteiger partial charge in [0.1, 0.15) is 23.9 Å². The van der Waals surface area contributed by atoms with Crippen molar-refractivity contribution in [2.75, 3.05) is 26.0 Å². The van der Waals surface area contributed by atoms with Gasteiger partial charge < -0.3 is 25.2 Å². The lowest BCUT2D eigenvalue weighted by molar-refractivity contribution is -0.0299. The fourth-order valence-electron chi connectivity index (χ4n) is 3.08. The highest BCUT2D eigenvalue weighted by atomic mass is 16.6. The van der Waals surface area contributed by atoms with Crippen molar-refractivity contribution in [2.24, 2.45) is 4.99 Å². The molecule has 150 valence electrons. The number of aliphatic hydroxyl groups excluding tert-OH is 2. The minimum absolute atomic E-state index is 0.501. The highest BCUT2D eigenvalue weighted by Gasteiger charge is 2.42. The van der Waals surface area contributed by atoms with Crippen LogP contribution in [0.4, 0.5) is 5.82 Å². The predicted octanol–water partition coefficient (Wildman–Crippen LogP) is -0.119. The Hall–Kier alpha value is -2.81. The van der Waals surface area contributed by atoms with E-state index in [1.807, 2.05) is 11.9 Å². The van der Waals surface area contributed by atoms with Gasteiger partial charge in [0.25, 0.3) is 0 Å². The first kappa shape index (κ1) is 19.9. The molecule has 3 rings (SSSR count). The molecule has 1 aliphatic rings. The fourth-order valence-corrected chi connectivity index (χ4v) is 3.08. The van der Waals surface area contributed by atoms with E-state index in [-0.39, 0.29) is 0 Å². The second-order valence-corrected chi connectivity index (χ2v) is 6.71.